The highest BCUT2D eigenvalue weighted by atomic mass is 79.9. The lowest BCUT2D eigenvalue weighted by molar-refractivity contribution is 0.151. The van der Waals surface area contributed by atoms with Gasteiger partial charge >= 0.3 is 0 Å². The van der Waals surface area contributed by atoms with Crippen molar-refractivity contribution >= 4 is 21.6 Å². The maximum absolute atomic E-state index is 12.2. The topological polar surface area (TPSA) is 62.7 Å². The third-order valence-corrected chi connectivity index (χ3v) is 2.23. The summed E-state index contributed by atoms with van der Waals surface area (Å²) in [6, 6.07) is 1.72. The summed E-state index contributed by atoms with van der Waals surface area (Å²) in [5.41, 5.74) is 4.84. The van der Waals surface area contributed by atoms with Gasteiger partial charge in [-0.1, -0.05) is 0 Å². The van der Waals surface area contributed by atoms with Crippen molar-refractivity contribution in [1.82, 2.24) is 4.98 Å². The van der Waals surface area contributed by atoms with Crippen LogP contribution in [0.5, 0.6) is 0 Å². The molecule has 0 fully saturated rings. The predicted octanol–water partition coefficient (Wildman–Crippen LogP) is 2.24. The summed E-state index contributed by atoms with van der Waals surface area (Å²) in [5, 5.41) is 8.49. The molecule has 0 saturated carbocycles. The lowest BCUT2D eigenvalue weighted by Crippen LogP contribution is -1.99. The van der Waals surface area contributed by atoms with Gasteiger partial charge in [0.05, 0.1) is 15.7 Å². The van der Waals surface area contributed by atoms with Gasteiger partial charge in [0.25, 0.3) is 6.43 Å². The Kier molecular flexibility index (Phi) is 2.78. The Balaban J connectivity index is 3.33. The van der Waals surface area contributed by atoms with Crippen molar-refractivity contribution in [2.24, 2.45) is 0 Å². The number of halogens is 3. The van der Waals surface area contributed by atoms with E-state index in [0.717, 1.165) is 6.20 Å². The maximum Gasteiger partial charge on any atom is 0.267 e. The number of nitrogens with two attached hydrogens (primary N) is 1. The van der Waals surface area contributed by atoms with Gasteiger partial charge in [-0.25, -0.2) is 13.8 Å². The first-order valence-corrected chi connectivity index (χ1v) is 3.99. The number of rotatable bonds is 1. The molecule has 2 N–H and O–H groups in total. The van der Waals surface area contributed by atoms with Crippen LogP contribution in [0.4, 0.5) is 14.5 Å². The highest BCUT2D eigenvalue weighted by Crippen LogP contribution is 2.31. The molecule has 68 valence electrons. The minimum Gasteiger partial charge on any atom is -0.397 e. The van der Waals surface area contributed by atoms with Crippen LogP contribution in [0, 0.1) is 11.3 Å². The van der Waals surface area contributed by atoms with Gasteiger partial charge in [0, 0.05) is 6.20 Å². The predicted molar refractivity (Wildman–Crippen MR) is 46.0 cm³/mol. The van der Waals surface area contributed by atoms with E-state index in [1.807, 2.05) is 0 Å². The fraction of sp³-hybridized carbons (Fsp3) is 0.143. The Morgan fingerprint density at radius 3 is 2.69 bits per heavy atom. The fourth-order valence-corrected chi connectivity index (χ4v) is 1.19. The average Bonchev–Trinajstić information content (AvgIpc) is 2.09. The van der Waals surface area contributed by atoms with Crippen LogP contribution in [-0.4, -0.2) is 4.98 Å². The second kappa shape index (κ2) is 3.66. The van der Waals surface area contributed by atoms with E-state index < -0.39 is 6.43 Å². The lowest BCUT2D eigenvalue weighted by Gasteiger charge is -2.05. The first-order chi connectivity index (χ1) is 6.07. The summed E-state index contributed by atoms with van der Waals surface area (Å²) in [6.07, 6.45) is -1.78. The first-order valence-electron chi connectivity index (χ1n) is 3.20. The van der Waals surface area contributed by atoms with E-state index in [-0.39, 0.29) is 21.4 Å². The molecule has 1 aromatic rings. The van der Waals surface area contributed by atoms with Crippen LogP contribution in [0.25, 0.3) is 0 Å². The number of nitrogen functional groups attached to an aromatic ring is 1. The zero-order valence-electron chi connectivity index (χ0n) is 6.26. The maximum atomic E-state index is 12.2. The molecule has 1 heterocycles. The number of hydrogen-bond donors (Lipinski definition) is 1. The molecule has 0 saturated heterocycles. The average molecular weight is 248 g/mol. The zero-order chi connectivity index (χ0) is 10.0. The van der Waals surface area contributed by atoms with Crippen LogP contribution >= 0.6 is 15.9 Å². The molecule has 1 aromatic heterocycles. The molecule has 3 nitrogen and oxygen atoms in total. The van der Waals surface area contributed by atoms with Crippen molar-refractivity contribution in [3.8, 4) is 6.07 Å². The van der Waals surface area contributed by atoms with E-state index in [4.69, 9.17) is 11.0 Å². The summed E-state index contributed by atoms with van der Waals surface area (Å²) in [5.74, 6) is 0. The molecule has 0 radical (unpaired) electrons. The van der Waals surface area contributed by atoms with Gasteiger partial charge in [0.2, 0.25) is 0 Å². The molecule has 0 amide bonds. The number of alkyl halides is 2. The second-order valence-electron chi connectivity index (χ2n) is 2.20. The van der Waals surface area contributed by atoms with Gasteiger partial charge in [-0.3, -0.25) is 0 Å². The minimum atomic E-state index is -2.68. The molecule has 0 spiro atoms. The van der Waals surface area contributed by atoms with Crippen LogP contribution in [-0.2, 0) is 0 Å². The third kappa shape index (κ3) is 1.75. The number of pyridine rings is 1. The van der Waals surface area contributed by atoms with E-state index >= 15 is 0 Å². The standard InChI is InChI=1S/C7H4BrF2N3/c8-5-4(1-11)13-2-3(6(5)12)7(9)10/h2,7H,(H2,12,13). The van der Waals surface area contributed by atoms with Crippen molar-refractivity contribution in [3.63, 3.8) is 0 Å². The van der Waals surface area contributed by atoms with Gasteiger partial charge in [-0.05, 0) is 15.9 Å². The molecule has 0 atom stereocenters. The van der Waals surface area contributed by atoms with Crippen molar-refractivity contribution in [1.29, 1.82) is 5.26 Å². The van der Waals surface area contributed by atoms with Crippen LogP contribution < -0.4 is 5.73 Å². The molecule has 13 heavy (non-hydrogen) atoms. The quantitative estimate of drug-likeness (QED) is 0.828. The van der Waals surface area contributed by atoms with Crippen LogP contribution in [0.3, 0.4) is 0 Å². The number of hydrogen-bond acceptors (Lipinski definition) is 3. The molecule has 0 aliphatic heterocycles. The number of nitriles is 1. The molecule has 0 aliphatic rings. The van der Waals surface area contributed by atoms with E-state index in [1.165, 1.54) is 0 Å². The summed E-state index contributed by atoms with van der Waals surface area (Å²) < 4.78 is 24.6. The van der Waals surface area contributed by atoms with Gasteiger partial charge < -0.3 is 5.73 Å². The van der Waals surface area contributed by atoms with Crippen LogP contribution in [0.2, 0.25) is 0 Å². The fourth-order valence-electron chi connectivity index (χ4n) is 0.766. The SMILES string of the molecule is N#Cc1ncc(C(F)F)c(N)c1Br. The molecular weight excluding hydrogens is 244 g/mol. The second-order valence-corrected chi connectivity index (χ2v) is 3.00. The summed E-state index contributed by atoms with van der Waals surface area (Å²) in [7, 11) is 0. The molecular formula is C7H4BrF2N3. The smallest absolute Gasteiger partial charge is 0.267 e. The third-order valence-electron chi connectivity index (χ3n) is 1.43. The van der Waals surface area contributed by atoms with Crippen molar-refractivity contribution in [2.75, 3.05) is 5.73 Å². The Hall–Kier alpha value is -1.22. The van der Waals surface area contributed by atoms with E-state index in [0.29, 0.717) is 0 Å². The van der Waals surface area contributed by atoms with Crippen LogP contribution in [0.15, 0.2) is 10.7 Å². The van der Waals surface area contributed by atoms with E-state index in [9.17, 15) is 8.78 Å². The van der Waals surface area contributed by atoms with Crippen molar-refractivity contribution in [3.05, 3.63) is 21.9 Å². The Morgan fingerprint density at radius 1 is 1.62 bits per heavy atom. The summed E-state index contributed by atoms with van der Waals surface area (Å²) >= 11 is 2.92. The highest BCUT2D eigenvalue weighted by molar-refractivity contribution is 9.10. The Bertz CT molecular complexity index is 373. The molecule has 0 unspecified atom stereocenters. The normalized spacial score (nSPS) is 10.1. The van der Waals surface area contributed by atoms with Gasteiger partial charge in [-0.2, -0.15) is 5.26 Å². The van der Waals surface area contributed by atoms with Crippen LogP contribution in [0.1, 0.15) is 17.7 Å². The molecule has 6 heteroatoms. The van der Waals surface area contributed by atoms with E-state index in [2.05, 4.69) is 20.9 Å². The summed E-state index contributed by atoms with van der Waals surface area (Å²) in [4.78, 5) is 3.51. The number of anilines is 1. The van der Waals surface area contributed by atoms with Gasteiger partial charge in [0.15, 0.2) is 5.69 Å². The van der Waals surface area contributed by atoms with Crippen molar-refractivity contribution < 1.29 is 8.78 Å². The Labute approximate surface area is 81.3 Å². The molecule has 0 aliphatic carbocycles. The minimum absolute atomic E-state index is 0.00176. The summed E-state index contributed by atoms with van der Waals surface area (Å²) in [6.45, 7) is 0. The number of nitrogens with zero attached hydrogens (tertiary/aromatic N) is 2. The monoisotopic (exact) mass is 247 g/mol. The lowest BCUT2D eigenvalue weighted by atomic mass is 10.2. The highest BCUT2D eigenvalue weighted by Gasteiger charge is 2.16. The Morgan fingerprint density at radius 2 is 2.23 bits per heavy atom. The molecule has 1 rings (SSSR count). The zero-order valence-corrected chi connectivity index (χ0v) is 7.85. The largest absolute Gasteiger partial charge is 0.397 e. The molecule has 0 aromatic carbocycles. The van der Waals surface area contributed by atoms with Gasteiger partial charge in [0.1, 0.15) is 6.07 Å². The van der Waals surface area contributed by atoms with E-state index in [1.54, 1.807) is 6.07 Å². The van der Waals surface area contributed by atoms with Gasteiger partial charge in [-0.15, -0.1) is 0 Å². The number of aromatic nitrogens is 1. The molecule has 0 bridgehead atoms. The first kappa shape index (κ1) is 9.86. The van der Waals surface area contributed by atoms with Crippen molar-refractivity contribution in [2.45, 2.75) is 6.43 Å².